The van der Waals surface area contributed by atoms with E-state index < -0.39 is 0 Å². The molecule has 0 amide bonds. The van der Waals surface area contributed by atoms with Crippen molar-refractivity contribution in [1.82, 2.24) is 11.5 Å². The number of nitrogens with one attached hydrogen (secondary N) is 1. The predicted molar refractivity (Wildman–Crippen MR) is 61.5 cm³/mol. The molecule has 0 spiro atoms. The lowest BCUT2D eigenvalue weighted by molar-refractivity contribution is 0.280. The van der Waals surface area contributed by atoms with E-state index in [4.69, 9.17) is 0 Å². The Balaban J connectivity index is 0. The van der Waals surface area contributed by atoms with E-state index in [0.717, 1.165) is 0 Å². The fourth-order valence-corrected chi connectivity index (χ4v) is 1.90. The Hall–Kier alpha value is -0.0800. The molecule has 0 aromatic heterocycles. The van der Waals surface area contributed by atoms with E-state index in [-0.39, 0.29) is 6.15 Å². The quantitative estimate of drug-likeness (QED) is 0.642. The molecule has 0 aliphatic rings. The Morgan fingerprint density at radius 3 is 1.92 bits per heavy atom. The lowest BCUT2D eigenvalue weighted by Crippen LogP contribution is -2.42. The monoisotopic (exact) mass is 188 g/mol. The molecule has 0 radical (unpaired) electrons. The van der Waals surface area contributed by atoms with Crippen LogP contribution in [0.2, 0.25) is 0 Å². The minimum atomic E-state index is 0. The average Bonchev–Trinajstić information content (AvgIpc) is 2.13. The third-order valence-electron chi connectivity index (χ3n) is 2.94. The molecule has 2 nitrogen and oxygen atoms in total. The van der Waals surface area contributed by atoms with E-state index in [1.54, 1.807) is 0 Å². The molecular formula is C11H28N2. The van der Waals surface area contributed by atoms with E-state index in [2.05, 4.69) is 33.1 Å². The van der Waals surface area contributed by atoms with Crippen molar-refractivity contribution in [3.63, 3.8) is 0 Å². The maximum atomic E-state index is 3.50. The molecule has 4 N–H and O–H groups in total. The van der Waals surface area contributed by atoms with Gasteiger partial charge in [0.15, 0.2) is 0 Å². The van der Waals surface area contributed by atoms with E-state index in [1.807, 2.05) is 0 Å². The van der Waals surface area contributed by atoms with Crippen molar-refractivity contribution in [3.05, 3.63) is 0 Å². The number of rotatable bonds is 7. The minimum Gasteiger partial charge on any atom is -0.344 e. The molecule has 1 unspecified atom stereocenters. The Morgan fingerprint density at radius 1 is 1.00 bits per heavy atom. The van der Waals surface area contributed by atoms with Crippen LogP contribution in [0.3, 0.4) is 0 Å². The van der Waals surface area contributed by atoms with Gasteiger partial charge >= 0.3 is 0 Å². The molecule has 0 saturated carbocycles. The van der Waals surface area contributed by atoms with Crippen LogP contribution in [0.4, 0.5) is 0 Å². The van der Waals surface area contributed by atoms with Crippen molar-refractivity contribution in [2.75, 3.05) is 7.05 Å². The summed E-state index contributed by atoms with van der Waals surface area (Å²) < 4.78 is 0. The fourth-order valence-electron chi connectivity index (χ4n) is 1.90. The lowest BCUT2D eigenvalue weighted by atomic mass is 9.85. The third kappa shape index (κ3) is 5.27. The van der Waals surface area contributed by atoms with Gasteiger partial charge in [0.2, 0.25) is 0 Å². The number of hydrogen-bond acceptors (Lipinski definition) is 2. The van der Waals surface area contributed by atoms with Gasteiger partial charge in [0, 0.05) is 5.54 Å². The molecule has 82 valence electrons. The lowest BCUT2D eigenvalue weighted by Gasteiger charge is -2.32. The van der Waals surface area contributed by atoms with Crippen LogP contribution in [-0.2, 0) is 0 Å². The molecule has 0 aliphatic carbocycles. The zero-order valence-corrected chi connectivity index (χ0v) is 9.95. The van der Waals surface area contributed by atoms with Crippen molar-refractivity contribution in [2.24, 2.45) is 0 Å². The molecule has 0 aliphatic heterocycles. The summed E-state index contributed by atoms with van der Waals surface area (Å²) in [5.41, 5.74) is 0.435. The summed E-state index contributed by atoms with van der Waals surface area (Å²) in [6, 6.07) is 0. The van der Waals surface area contributed by atoms with E-state index >= 15 is 0 Å². The Bertz CT molecular complexity index is 98.3. The van der Waals surface area contributed by atoms with Crippen LogP contribution >= 0.6 is 0 Å². The first-order chi connectivity index (χ1) is 5.74. The molecule has 0 saturated heterocycles. The van der Waals surface area contributed by atoms with Crippen molar-refractivity contribution in [2.45, 2.75) is 64.8 Å². The van der Waals surface area contributed by atoms with Gasteiger partial charge < -0.3 is 11.5 Å². The van der Waals surface area contributed by atoms with Crippen LogP contribution < -0.4 is 11.5 Å². The minimum absolute atomic E-state index is 0. The smallest absolute Gasteiger partial charge is 0.0175 e. The molecule has 0 rings (SSSR count). The molecule has 1 atom stereocenters. The third-order valence-corrected chi connectivity index (χ3v) is 2.94. The zero-order valence-electron chi connectivity index (χ0n) is 9.95. The van der Waals surface area contributed by atoms with Gasteiger partial charge in [-0.1, -0.05) is 40.0 Å². The van der Waals surface area contributed by atoms with E-state index in [0.29, 0.717) is 5.54 Å². The van der Waals surface area contributed by atoms with Crippen LogP contribution in [0.15, 0.2) is 0 Å². The average molecular weight is 188 g/mol. The first kappa shape index (κ1) is 15.4. The second-order valence-corrected chi connectivity index (χ2v) is 3.74. The Morgan fingerprint density at radius 2 is 1.62 bits per heavy atom. The SMILES string of the molecule is CCCCC(CC)(CCC)NC.N. The zero-order chi connectivity index (χ0) is 9.45. The van der Waals surface area contributed by atoms with Gasteiger partial charge in [-0.15, -0.1) is 0 Å². The molecule has 0 fully saturated rings. The molecule has 0 aromatic carbocycles. The largest absolute Gasteiger partial charge is 0.344 e. The van der Waals surface area contributed by atoms with Crippen LogP contribution in [0.25, 0.3) is 0 Å². The molecule has 0 bridgehead atoms. The molecule has 0 heterocycles. The summed E-state index contributed by atoms with van der Waals surface area (Å²) in [6.07, 6.45) is 7.88. The molecule has 13 heavy (non-hydrogen) atoms. The highest BCUT2D eigenvalue weighted by molar-refractivity contribution is 4.84. The normalized spacial score (nSPS) is 14.8. The van der Waals surface area contributed by atoms with Gasteiger partial charge in [-0.3, -0.25) is 0 Å². The Labute approximate surface area is 84.1 Å². The second kappa shape index (κ2) is 8.52. The van der Waals surface area contributed by atoms with Crippen LogP contribution in [0, 0.1) is 0 Å². The number of unbranched alkanes of at least 4 members (excludes halogenated alkanes) is 1. The van der Waals surface area contributed by atoms with Gasteiger partial charge in [0.25, 0.3) is 0 Å². The summed E-state index contributed by atoms with van der Waals surface area (Å²) in [5, 5.41) is 3.50. The van der Waals surface area contributed by atoms with E-state index in [1.165, 1.54) is 38.5 Å². The molecular weight excluding hydrogens is 160 g/mol. The standard InChI is InChI=1S/C11H25N.H3N/c1-5-8-10-11(7-3,12-4)9-6-2;/h12H,5-10H2,1-4H3;1H3. The van der Waals surface area contributed by atoms with Gasteiger partial charge in [0.1, 0.15) is 0 Å². The summed E-state index contributed by atoms with van der Waals surface area (Å²) in [4.78, 5) is 0. The highest BCUT2D eigenvalue weighted by Gasteiger charge is 2.23. The maximum Gasteiger partial charge on any atom is 0.0175 e. The predicted octanol–water partition coefficient (Wildman–Crippen LogP) is 3.51. The highest BCUT2D eigenvalue weighted by Crippen LogP contribution is 2.23. The van der Waals surface area contributed by atoms with Crippen molar-refractivity contribution < 1.29 is 0 Å². The summed E-state index contributed by atoms with van der Waals surface area (Å²) >= 11 is 0. The van der Waals surface area contributed by atoms with Crippen molar-refractivity contribution in [1.29, 1.82) is 0 Å². The molecule has 0 aromatic rings. The van der Waals surface area contributed by atoms with Crippen LogP contribution in [-0.4, -0.2) is 12.6 Å². The topological polar surface area (TPSA) is 47.0 Å². The fraction of sp³-hybridized carbons (Fsp3) is 1.00. The van der Waals surface area contributed by atoms with E-state index in [9.17, 15) is 0 Å². The van der Waals surface area contributed by atoms with Crippen molar-refractivity contribution in [3.8, 4) is 0 Å². The first-order valence-corrected chi connectivity index (χ1v) is 5.43. The first-order valence-electron chi connectivity index (χ1n) is 5.43. The highest BCUT2D eigenvalue weighted by atomic mass is 14.9. The summed E-state index contributed by atoms with van der Waals surface area (Å²) in [7, 11) is 2.11. The van der Waals surface area contributed by atoms with Crippen LogP contribution in [0.1, 0.15) is 59.3 Å². The van der Waals surface area contributed by atoms with Crippen LogP contribution in [0.5, 0.6) is 0 Å². The summed E-state index contributed by atoms with van der Waals surface area (Å²) in [5.74, 6) is 0. The number of hydrogen-bond donors (Lipinski definition) is 2. The van der Waals surface area contributed by atoms with Crippen molar-refractivity contribution >= 4 is 0 Å². The van der Waals surface area contributed by atoms with Gasteiger partial charge in [-0.2, -0.15) is 0 Å². The summed E-state index contributed by atoms with van der Waals surface area (Å²) in [6.45, 7) is 6.83. The van der Waals surface area contributed by atoms with Gasteiger partial charge in [-0.25, -0.2) is 0 Å². The maximum absolute atomic E-state index is 3.50. The van der Waals surface area contributed by atoms with Gasteiger partial charge in [-0.05, 0) is 26.3 Å². The van der Waals surface area contributed by atoms with Gasteiger partial charge in [0.05, 0.1) is 0 Å². The Kier molecular flexibility index (Phi) is 10.1. The molecule has 2 heteroatoms. The second-order valence-electron chi connectivity index (χ2n) is 3.74.